The topological polar surface area (TPSA) is 89.8 Å². The molecular formula is C17H15N5O2S2. The summed E-state index contributed by atoms with van der Waals surface area (Å²) in [5.41, 5.74) is 3.26. The van der Waals surface area contributed by atoms with E-state index in [-0.39, 0.29) is 18.0 Å². The second-order valence-electron chi connectivity index (χ2n) is 5.74. The molecule has 0 aromatic carbocycles. The van der Waals surface area contributed by atoms with Crippen LogP contribution in [-0.4, -0.2) is 31.4 Å². The fourth-order valence-corrected chi connectivity index (χ4v) is 4.33. The molecule has 0 radical (unpaired) electrons. The number of carbonyl (C=O) groups is 1. The maximum atomic E-state index is 12.3. The summed E-state index contributed by atoms with van der Waals surface area (Å²) >= 11 is 3.12. The fourth-order valence-electron chi connectivity index (χ4n) is 2.64. The molecule has 0 bridgehead atoms. The third-order valence-electron chi connectivity index (χ3n) is 3.91. The monoisotopic (exact) mass is 385 g/mol. The van der Waals surface area contributed by atoms with E-state index in [1.54, 1.807) is 30.2 Å². The second kappa shape index (κ2) is 7.38. The van der Waals surface area contributed by atoms with E-state index >= 15 is 0 Å². The molecule has 9 heteroatoms. The van der Waals surface area contributed by atoms with Crippen molar-refractivity contribution in [3.8, 4) is 11.3 Å². The van der Waals surface area contributed by atoms with Crippen LogP contribution in [0.25, 0.3) is 11.3 Å². The van der Waals surface area contributed by atoms with Crippen LogP contribution in [0.2, 0.25) is 0 Å². The number of nitrogens with zero attached hydrogens (tertiary/aromatic N) is 4. The summed E-state index contributed by atoms with van der Waals surface area (Å²) in [5, 5.41) is 9.42. The molecule has 0 spiro atoms. The first-order chi connectivity index (χ1) is 12.7. The maximum absolute atomic E-state index is 12.3. The predicted octanol–water partition coefficient (Wildman–Crippen LogP) is 2.19. The van der Waals surface area contributed by atoms with Crippen molar-refractivity contribution >= 4 is 34.1 Å². The first-order valence-electron chi connectivity index (χ1n) is 8.02. The Kier molecular flexibility index (Phi) is 4.81. The van der Waals surface area contributed by atoms with E-state index in [1.807, 2.05) is 17.5 Å². The minimum Gasteiger partial charge on any atom is -0.300 e. The Labute approximate surface area is 157 Å². The van der Waals surface area contributed by atoms with Crippen LogP contribution in [0.4, 0.5) is 5.13 Å². The van der Waals surface area contributed by atoms with Crippen LogP contribution in [0.3, 0.4) is 0 Å². The normalized spacial score (nSPS) is 13.2. The van der Waals surface area contributed by atoms with Gasteiger partial charge in [-0.3, -0.25) is 14.6 Å². The Bertz CT molecular complexity index is 1000. The summed E-state index contributed by atoms with van der Waals surface area (Å²) in [4.78, 5) is 32.9. The van der Waals surface area contributed by atoms with Gasteiger partial charge in [0, 0.05) is 41.6 Å². The van der Waals surface area contributed by atoms with Crippen LogP contribution in [0, 0.1) is 0 Å². The van der Waals surface area contributed by atoms with Crippen LogP contribution in [-0.2, 0) is 23.5 Å². The van der Waals surface area contributed by atoms with Crippen molar-refractivity contribution in [2.75, 3.05) is 11.1 Å². The Hall–Kier alpha value is -2.52. The summed E-state index contributed by atoms with van der Waals surface area (Å²) in [6, 6.07) is 5.33. The molecule has 1 amide bonds. The molecule has 0 saturated carbocycles. The molecule has 0 saturated heterocycles. The van der Waals surface area contributed by atoms with Crippen molar-refractivity contribution in [1.29, 1.82) is 0 Å². The highest BCUT2D eigenvalue weighted by molar-refractivity contribution is 7.98. The van der Waals surface area contributed by atoms with Crippen LogP contribution >= 0.6 is 23.1 Å². The predicted molar refractivity (Wildman–Crippen MR) is 102 cm³/mol. The Morgan fingerprint density at radius 1 is 1.38 bits per heavy atom. The van der Waals surface area contributed by atoms with Crippen LogP contribution in [0.1, 0.15) is 11.3 Å². The number of pyridine rings is 1. The van der Waals surface area contributed by atoms with Gasteiger partial charge in [0.15, 0.2) is 5.13 Å². The standard InChI is InChI=1S/C17H15N5O2S2/c23-15(8-22-16(24)6-12-9-25-5-3-13(12)21-22)20-17-19-14(10-26-17)11-2-1-4-18-7-11/h1-2,4,6-7,10H,3,5,8-9H2,(H,19,20,23). The number of hydrogen-bond donors (Lipinski definition) is 1. The van der Waals surface area contributed by atoms with Gasteiger partial charge in [-0.15, -0.1) is 11.3 Å². The van der Waals surface area contributed by atoms with E-state index in [9.17, 15) is 9.59 Å². The van der Waals surface area contributed by atoms with Crippen molar-refractivity contribution in [3.63, 3.8) is 0 Å². The van der Waals surface area contributed by atoms with Gasteiger partial charge in [-0.1, -0.05) is 0 Å². The average molecular weight is 385 g/mol. The number of anilines is 1. The van der Waals surface area contributed by atoms with E-state index in [0.29, 0.717) is 5.13 Å². The number of hydrogen-bond acceptors (Lipinski definition) is 7. The van der Waals surface area contributed by atoms with Crippen molar-refractivity contribution in [3.05, 3.63) is 57.6 Å². The summed E-state index contributed by atoms with van der Waals surface area (Å²) in [5.74, 6) is 1.47. The molecule has 7 nitrogen and oxygen atoms in total. The van der Waals surface area contributed by atoms with Gasteiger partial charge in [0.25, 0.3) is 5.56 Å². The number of rotatable bonds is 4. The Morgan fingerprint density at radius 2 is 2.31 bits per heavy atom. The van der Waals surface area contributed by atoms with Gasteiger partial charge < -0.3 is 5.32 Å². The van der Waals surface area contributed by atoms with E-state index in [0.717, 1.165) is 40.4 Å². The molecule has 26 heavy (non-hydrogen) atoms. The molecule has 0 atom stereocenters. The lowest BCUT2D eigenvalue weighted by molar-refractivity contribution is -0.117. The average Bonchev–Trinajstić information content (AvgIpc) is 3.11. The summed E-state index contributed by atoms with van der Waals surface area (Å²) in [7, 11) is 0. The van der Waals surface area contributed by atoms with Gasteiger partial charge >= 0.3 is 0 Å². The van der Waals surface area contributed by atoms with Crippen molar-refractivity contribution in [2.45, 2.75) is 18.7 Å². The summed E-state index contributed by atoms with van der Waals surface area (Å²) in [6.07, 6.45) is 4.24. The third-order valence-corrected chi connectivity index (χ3v) is 5.67. The van der Waals surface area contributed by atoms with Crippen LogP contribution in [0.15, 0.2) is 40.8 Å². The molecule has 0 unspecified atom stereocenters. The number of carbonyl (C=O) groups excluding carboxylic acids is 1. The zero-order valence-corrected chi connectivity index (χ0v) is 15.3. The molecule has 132 valence electrons. The number of nitrogens with one attached hydrogen (secondary N) is 1. The lowest BCUT2D eigenvalue weighted by Crippen LogP contribution is -2.31. The number of aromatic nitrogens is 4. The number of aryl methyl sites for hydroxylation is 1. The zero-order valence-electron chi connectivity index (χ0n) is 13.7. The number of fused-ring (bicyclic) bond motifs is 1. The largest absolute Gasteiger partial charge is 0.300 e. The molecule has 3 aromatic rings. The second-order valence-corrected chi connectivity index (χ2v) is 7.71. The van der Waals surface area contributed by atoms with Crippen LogP contribution in [0.5, 0.6) is 0 Å². The molecule has 4 heterocycles. The molecule has 3 aromatic heterocycles. The minimum atomic E-state index is -0.322. The Morgan fingerprint density at radius 3 is 3.15 bits per heavy atom. The smallest absolute Gasteiger partial charge is 0.267 e. The summed E-state index contributed by atoms with van der Waals surface area (Å²) < 4.78 is 1.22. The van der Waals surface area contributed by atoms with Gasteiger partial charge in [-0.05, 0) is 23.4 Å². The van der Waals surface area contributed by atoms with Gasteiger partial charge in [0.05, 0.1) is 11.4 Å². The highest BCUT2D eigenvalue weighted by Crippen LogP contribution is 2.24. The van der Waals surface area contributed by atoms with Crippen LogP contribution < -0.4 is 10.9 Å². The minimum absolute atomic E-state index is 0.124. The van der Waals surface area contributed by atoms with E-state index in [2.05, 4.69) is 20.4 Å². The van der Waals surface area contributed by atoms with Crippen molar-refractivity contribution in [2.24, 2.45) is 0 Å². The maximum Gasteiger partial charge on any atom is 0.267 e. The Balaban J connectivity index is 1.46. The fraction of sp³-hybridized carbons (Fsp3) is 0.235. The molecular weight excluding hydrogens is 370 g/mol. The number of thiazole rings is 1. The van der Waals surface area contributed by atoms with E-state index in [4.69, 9.17) is 0 Å². The highest BCUT2D eigenvalue weighted by Gasteiger charge is 2.15. The molecule has 1 aliphatic heterocycles. The lowest BCUT2D eigenvalue weighted by atomic mass is 10.2. The number of amides is 1. The molecule has 1 aliphatic rings. The van der Waals surface area contributed by atoms with Gasteiger partial charge in [0.2, 0.25) is 5.91 Å². The zero-order chi connectivity index (χ0) is 17.9. The quantitative estimate of drug-likeness (QED) is 0.740. The van der Waals surface area contributed by atoms with E-state index < -0.39 is 0 Å². The van der Waals surface area contributed by atoms with Crippen molar-refractivity contribution < 1.29 is 4.79 Å². The SMILES string of the molecule is O=C(Cn1nc2c(cc1=O)CSCC2)Nc1nc(-c2cccnc2)cs1. The van der Waals surface area contributed by atoms with Gasteiger partial charge in [0.1, 0.15) is 6.54 Å². The number of thioether (sulfide) groups is 1. The van der Waals surface area contributed by atoms with Crippen molar-refractivity contribution in [1.82, 2.24) is 19.7 Å². The van der Waals surface area contributed by atoms with E-state index in [1.165, 1.54) is 16.0 Å². The molecule has 4 rings (SSSR count). The summed E-state index contributed by atoms with van der Waals surface area (Å²) in [6.45, 7) is -0.124. The van der Waals surface area contributed by atoms with Gasteiger partial charge in [-0.25, -0.2) is 9.67 Å². The first kappa shape index (κ1) is 16.9. The molecule has 0 aliphatic carbocycles. The molecule has 1 N–H and O–H groups in total. The highest BCUT2D eigenvalue weighted by atomic mass is 32.2. The molecule has 0 fully saturated rings. The van der Waals surface area contributed by atoms with Gasteiger partial charge in [-0.2, -0.15) is 16.9 Å². The lowest BCUT2D eigenvalue weighted by Gasteiger charge is -2.15. The third kappa shape index (κ3) is 3.68. The first-order valence-corrected chi connectivity index (χ1v) is 10.1.